The molecule has 0 spiro atoms. The Kier molecular flexibility index (Phi) is 6.08. The lowest BCUT2D eigenvalue weighted by atomic mass is 10.1. The number of halogens is 5. The summed E-state index contributed by atoms with van der Waals surface area (Å²) in [5.74, 6) is -3.11. The number of carbonyl (C=O) groups is 1. The Labute approximate surface area is 143 Å². The van der Waals surface area contributed by atoms with E-state index in [1.165, 1.54) is 7.11 Å². The molecular weight excluding hydrogens is 367 g/mol. The number of benzene rings is 1. The topological polar surface area (TPSA) is 89.3 Å². The van der Waals surface area contributed by atoms with Gasteiger partial charge in [-0.2, -0.15) is 18.2 Å². The summed E-state index contributed by atoms with van der Waals surface area (Å²) < 4.78 is 74.0. The molecule has 0 aliphatic rings. The maximum Gasteiger partial charge on any atom is 0.422 e. The van der Waals surface area contributed by atoms with Gasteiger partial charge in [0.25, 0.3) is 0 Å². The van der Waals surface area contributed by atoms with E-state index in [-0.39, 0.29) is 25.5 Å². The third kappa shape index (κ3) is 5.12. The second-order valence-corrected chi connectivity index (χ2v) is 4.98. The minimum atomic E-state index is -5.18. The highest BCUT2D eigenvalue weighted by molar-refractivity contribution is 5.89. The minimum absolute atomic E-state index is 0.0338. The number of methoxy groups -OCH3 is 1. The van der Waals surface area contributed by atoms with Crippen molar-refractivity contribution in [1.82, 2.24) is 15.5 Å². The number of ether oxygens (including phenoxy) is 1. The fraction of sp³-hybridized carbons (Fsp3) is 0.357. The highest BCUT2D eigenvalue weighted by Gasteiger charge is 2.38. The van der Waals surface area contributed by atoms with E-state index >= 15 is 0 Å². The zero-order valence-corrected chi connectivity index (χ0v) is 13.3. The summed E-state index contributed by atoms with van der Waals surface area (Å²) in [5.41, 5.74) is -2.49. The van der Waals surface area contributed by atoms with Crippen molar-refractivity contribution in [1.29, 1.82) is 0 Å². The van der Waals surface area contributed by atoms with Crippen LogP contribution in [0.5, 0.6) is 0 Å². The first-order chi connectivity index (χ1) is 12.2. The van der Waals surface area contributed by atoms with Crippen LogP contribution >= 0.6 is 0 Å². The van der Waals surface area contributed by atoms with Crippen LogP contribution in [0.2, 0.25) is 0 Å². The zero-order valence-electron chi connectivity index (χ0n) is 13.3. The third-order valence-electron chi connectivity index (χ3n) is 2.99. The number of alkyl halides is 3. The molecule has 7 nitrogen and oxygen atoms in total. The van der Waals surface area contributed by atoms with E-state index in [2.05, 4.69) is 15.5 Å². The van der Waals surface area contributed by atoms with E-state index in [1.807, 2.05) is 5.32 Å². The fourth-order valence-electron chi connectivity index (χ4n) is 1.95. The van der Waals surface area contributed by atoms with Crippen molar-refractivity contribution < 1.29 is 36.0 Å². The largest absolute Gasteiger partial charge is 0.422 e. The standard InChI is InChI=1S/C14H13F5N4O3/c1-25-6-10-22-11(26-23-10)2-3-20-13(24)21-7-4-8(15)12(9(16)5-7)14(17,18)19/h4-5H,2-3,6H2,1H3,(H2,20,21,24). The lowest BCUT2D eigenvalue weighted by molar-refractivity contribution is -0.142. The first-order valence-corrected chi connectivity index (χ1v) is 7.12. The monoisotopic (exact) mass is 380 g/mol. The molecule has 0 fully saturated rings. The van der Waals surface area contributed by atoms with Gasteiger partial charge in [-0.3, -0.25) is 0 Å². The van der Waals surface area contributed by atoms with Crippen molar-refractivity contribution in [3.63, 3.8) is 0 Å². The molecule has 0 bridgehead atoms. The Bertz CT molecular complexity index is 755. The molecular formula is C14H13F5N4O3. The Morgan fingerprint density at radius 1 is 1.27 bits per heavy atom. The molecule has 142 valence electrons. The first-order valence-electron chi connectivity index (χ1n) is 7.12. The van der Waals surface area contributed by atoms with Crippen LogP contribution in [-0.2, 0) is 23.9 Å². The Morgan fingerprint density at radius 3 is 2.50 bits per heavy atom. The number of nitrogens with one attached hydrogen (secondary N) is 2. The number of amides is 2. The lowest BCUT2D eigenvalue weighted by Crippen LogP contribution is -2.30. The number of carbonyl (C=O) groups excluding carboxylic acids is 1. The predicted molar refractivity (Wildman–Crippen MR) is 77.1 cm³/mol. The van der Waals surface area contributed by atoms with Gasteiger partial charge in [0.05, 0.1) is 0 Å². The smallest absolute Gasteiger partial charge is 0.377 e. The average molecular weight is 380 g/mol. The number of hydrogen-bond donors (Lipinski definition) is 2. The summed E-state index contributed by atoms with van der Waals surface area (Å²) in [6.07, 6.45) is -5.01. The number of urea groups is 1. The molecule has 0 saturated heterocycles. The molecule has 0 aliphatic heterocycles. The summed E-state index contributed by atoms with van der Waals surface area (Å²) >= 11 is 0. The van der Waals surface area contributed by atoms with Crippen molar-refractivity contribution in [2.45, 2.75) is 19.2 Å². The molecule has 12 heteroatoms. The van der Waals surface area contributed by atoms with Crippen LogP contribution in [0, 0.1) is 11.6 Å². The van der Waals surface area contributed by atoms with Crippen molar-refractivity contribution in [3.8, 4) is 0 Å². The summed E-state index contributed by atoms with van der Waals surface area (Å²) in [7, 11) is 1.45. The van der Waals surface area contributed by atoms with Crippen LogP contribution in [0.4, 0.5) is 32.4 Å². The summed E-state index contributed by atoms with van der Waals surface area (Å²) in [5, 5.41) is 7.96. The first kappa shape index (κ1) is 19.6. The van der Waals surface area contributed by atoms with Gasteiger partial charge in [0, 0.05) is 25.8 Å². The Balaban J connectivity index is 1.89. The van der Waals surface area contributed by atoms with Gasteiger partial charge in [-0.15, -0.1) is 0 Å². The normalized spacial score (nSPS) is 11.5. The van der Waals surface area contributed by atoms with Gasteiger partial charge in [0.15, 0.2) is 5.82 Å². The van der Waals surface area contributed by atoms with Crippen LogP contribution in [0.15, 0.2) is 16.7 Å². The molecule has 0 radical (unpaired) electrons. The fourth-order valence-corrected chi connectivity index (χ4v) is 1.95. The number of anilines is 1. The second kappa shape index (κ2) is 8.08. The third-order valence-corrected chi connectivity index (χ3v) is 2.99. The Hall–Kier alpha value is -2.76. The minimum Gasteiger partial charge on any atom is -0.377 e. The molecule has 2 rings (SSSR count). The van der Waals surface area contributed by atoms with Crippen LogP contribution in [0.1, 0.15) is 17.3 Å². The van der Waals surface area contributed by atoms with Gasteiger partial charge in [-0.05, 0) is 12.1 Å². The highest BCUT2D eigenvalue weighted by Crippen LogP contribution is 2.34. The van der Waals surface area contributed by atoms with Crippen LogP contribution in [0.3, 0.4) is 0 Å². The van der Waals surface area contributed by atoms with E-state index in [9.17, 15) is 26.7 Å². The van der Waals surface area contributed by atoms with Gasteiger partial charge in [0.2, 0.25) is 5.89 Å². The Morgan fingerprint density at radius 2 is 1.92 bits per heavy atom. The van der Waals surface area contributed by atoms with Gasteiger partial charge in [0.1, 0.15) is 23.8 Å². The SMILES string of the molecule is COCc1noc(CCNC(=O)Nc2cc(F)c(C(F)(F)F)c(F)c2)n1. The number of rotatable bonds is 6. The maximum absolute atomic E-state index is 13.4. The van der Waals surface area contributed by atoms with Crippen molar-refractivity contribution in [2.75, 3.05) is 19.0 Å². The molecule has 1 heterocycles. The van der Waals surface area contributed by atoms with Crippen molar-refractivity contribution in [2.24, 2.45) is 0 Å². The second-order valence-electron chi connectivity index (χ2n) is 4.98. The van der Waals surface area contributed by atoms with Gasteiger partial charge < -0.3 is 19.9 Å². The molecule has 2 aromatic rings. The van der Waals surface area contributed by atoms with Gasteiger partial charge in [-0.1, -0.05) is 5.16 Å². The van der Waals surface area contributed by atoms with Crippen molar-refractivity contribution in [3.05, 3.63) is 41.0 Å². The van der Waals surface area contributed by atoms with E-state index < -0.39 is 35.1 Å². The molecule has 1 aromatic carbocycles. The van der Waals surface area contributed by atoms with E-state index in [1.54, 1.807) is 0 Å². The maximum atomic E-state index is 13.4. The molecule has 26 heavy (non-hydrogen) atoms. The molecule has 0 unspecified atom stereocenters. The van der Waals surface area contributed by atoms with E-state index in [0.717, 1.165) is 0 Å². The van der Waals surface area contributed by atoms with Crippen LogP contribution in [-0.4, -0.2) is 29.8 Å². The van der Waals surface area contributed by atoms with E-state index in [4.69, 9.17) is 9.26 Å². The van der Waals surface area contributed by atoms with Gasteiger partial charge in [-0.25, -0.2) is 13.6 Å². The summed E-state index contributed by atoms with van der Waals surface area (Å²) in [4.78, 5) is 15.6. The summed E-state index contributed by atoms with van der Waals surface area (Å²) in [6.45, 7) is 0.189. The van der Waals surface area contributed by atoms with Crippen LogP contribution in [0.25, 0.3) is 0 Å². The molecule has 0 saturated carbocycles. The molecule has 0 aliphatic carbocycles. The van der Waals surface area contributed by atoms with E-state index in [0.29, 0.717) is 18.0 Å². The quantitative estimate of drug-likeness (QED) is 0.753. The lowest BCUT2D eigenvalue weighted by Gasteiger charge is -2.12. The predicted octanol–water partition coefficient (Wildman–Crippen LogP) is 2.88. The van der Waals surface area contributed by atoms with Crippen LogP contribution < -0.4 is 10.6 Å². The zero-order chi connectivity index (χ0) is 19.3. The number of nitrogens with zero attached hydrogens (tertiary/aromatic N) is 2. The molecule has 2 N–H and O–H groups in total. The number of aromatic nitrogens is 2. The molecule has 2 amide bonds. The average Bonchev–Trinajstić information content (AvgIpc) is 2.93. The summed E-state index contributed by atoms with van der Waals surface area (Å²) in [6, 6.07) is -0.124. The van der Waals surface area contributed by atoms with Crippen molar-refractivity contribution >= 4 is 11.7 Å². The highest BCUT2D eigenvalue weighted by atomic mass is 19.4. The molecule has 1 aromatic heterocycles. The van der Waals surface area contributed by atoms with Gasteiger partial charge >= 0.3 is 12.2 Å². The molecule has 0 atom stereocenters. The number of hydrogen-bond acceptors (Lipinski definition) is 5.